The number of benzene rings is 1. The highest BCUT2D eigenvalue weighted by molar-refractivity contribution is 14.1. The fourth-order valence-corrected chi connectivity index (χ4v) is 2.18. The maximum Gasteiger partial charge on any atom is 0.282 e. The van der Waals surface area contributed by atoms with Crippen molar-refractivity contribution in [2.24, 2.45) is 5.41 Å². The van der Waals surface area contributed by atoms with Gasteiger partial charge in [0.2, 0.25) is 0 Å². The number of hydrogen-bond acceptors (Lipinski definition) is 3. The van der Waals surface area contributed by atoms with Crippen LogP contribution in [-0.2, 0) is 0 Å². The molecule has 5 heteroatoms. The standard InChI is InChI=1S/C11H13IN2O2/c1-11(4-5-11)7-13-8-2-3-10(14(15)16)9(12)6-8/h2-3,6,13H,4-5,7H2,1H3. The van der Waals surface area contributed by atoms with Gasteiger partial charge in [0, 0.05) is 18.3 Å². The highest BCUT2D eigenvalue weighted by Crippen LogP contribution is 2.44. The van der Waals surface area contributed by atoms with Crippen LogP contribution in [0.2, 0.25) is 0 Å². The Hall–Kier alpha value is -0.850. The van der Waals surface area contributed by atoms with Crippen LogP contribution in [-0.4, -0.2) is 11.5 Å². The van der Waals surface area contributed by atoms with Crippen LogP contribution in [0.3, 0.4) is 0 Å². The van der Waals surface area contributed by atoms with E-state index in [1.54, 1.807) is 12.1 Å². The Bertz CT molecular complexity index is 430. The highest BCUT2D eigenvalue weighted by atomic mass is 127. The van der Waals surface area contributed by atoms with E-state index in [0.717, 1.165) is 12.2 Å². The number of rotatable bonds is 4. The molecule has 16 heavy (non-hydrogen) atoms. The largest absolute Gasteiger partial charge is 0.384 e. The molecule has 2 rings (SSSR count). The maximum absolute atomic E-state index is 10.6. The van der Waals surface area contributed by atoms with E-state index >= 15 is 0 Å². The van der Waals surface area contributed by atoms with Crippen LogP contribution in [0.25, 0.3) is 0 Å². The summed E-state index contributed by atoms with van der Waals surface area (Å²) < 4.78 is 0.675. The molecule has 1 aromatic rings. The molecule has 1 aromatic carbocycles. The highest BCUT2D eigenvalue weighted by Gasteiger charge is 2.36. The van der Waals surface area contributed by atoms with Gasteiger partial charge in [0.1, 0.15) is 0 Å². The Kier molecular flexibility index (Phi) is 3.05. The van der Waals surface area contributed by atoms with E-state index in [0.29, 0.717) is 8.99 Å². The number of nitrogens with one attached hydrogen (secondary N) is 1. The van der Waals surface area contributed by atoms with E-state index in [-0.39, 0.29) is 10.6 Å². The van der Waals surface area contributed by atoms with Gasteiger partial charge >= 0.3 is 0 Å². The minimum atomic E-state index is -0.353. The Morgan fingerprint density at radius 3 is 2.75 bits per heavy atom. The van der Waals surface area contributed by atoms with Gasteiger partial charge in [0.25, 0.3) is 5.69 Å². The third kappa shape index (κ3) is 2.63. The molecule has 0 amide bonds. The zero-order chi connectivity index (χ0) is 11.8. The minimum absolute atomic E-state index is 0.170. The van der Waals surface area contributed by atoms with E-state index in [1.165, 1.54) is 12.8 Å². The lowest BCUT2D eigenvalue weighted by atomic mass is 10.1. The zero-order valence-electron chi connectivity index (χ0n) is 9.00. The summed E-state index contributed by atoms with van der Waals surface area (Å²) in [5.74, 6) is 0. The number of anilines is 1. The van der Waals surface area contributed by atoms with Crippen LogP contribution in [0.1, 0.15) is 19.8 Å². The van der Waals surface area contributed by atoms with E-state index in [1.807, 2.05) is 28.7 Å². The number of hydrogen-bond donors (Lipinski definition) is 1. The molecule has 0 aromatic heterocycles. The molecule has 0 unspecified atom stereocenters. The number of nitro benzene ring substituents is 1. The summed E-state index contributed by atoms with van der Waals surface area (Å²) in [6, 6.07) is 5.15. The van der Waals surface area contributed by atoms with Crippen molar-refractivity contribution in [1.82, 2.24) is 0 Å². The molecule has 0 aliphatic heterocycles. The SMILES string of the molecule is CC1(CNc2ccc([N+](=O)[O-])c(I)c2)CC1. The average molecular weight is 332 g/mol. The predicted molar refractivity (Wildman–Crippen MR) is 71.6 cm³/mol. The summed E-state index contributed by atoms with van der Waals surface area (Å²) in [5.41, 5.74) is 1.57. The van der Waals surface area contributed by atoms with Crippen molar-refractivity contribution in [3.8, 4) is 0 Å². The molecule has 1 aliphatic rings. The van der Waals surface area contributed by atoms with Gasteiger partial charge in [0.05, 0.1) is 8.49 Å². The van der Waals surface area contributed by atoms with E-state index < -0.39 is 0 Å². The molecule has 1 aliphatic carbocycles. The molecule has 0 bridgehead atoms. The molecule has 0 saturated heterocycles. The van der Waals surface area contributed by atoms with E-state index in [2.05, 4.69) is 12.2 Å². The van der Waals surface area contributed by atoms with Crippen molar-refractivity contribution in [2.45, 2.75) is 19.8 Å². The Morgan fingerprint density at radius 2 is 2.25 bits per heavy atom. The lowest BCUT2D eigenvalue weighted by molar-refractivity contribution is -0.385. The molecule has 1 saturated carbocycles. The summed E-state index contributed by atoms with van der Waals surface area (Å²) in [6.07, 6.45) is 2.54. The summed E-state index contributed by atoms with van der Waals surface area (Å²) in [5, 5.41) is 14.0. The van der Waals surface area contributed by atoms with Crippen LogP contribution < -0.4 is 5.32 Å². The van der Waals surface area contributed by atoms with Crippen LogP contribution in [0.15, 0.2) is 18.2 Å². The molecule has 4 nitrogen and oxygen atoms in total. The van der Waals surface area contributed by atoms with Crippen molar-refractivity contribution in [3.63, 3.8) is 0 Å². The first kappa shape index (κ1) is 11.6. The second-order valence-electron chi connectivity index (χ2n) is 4.59. The van der Waals surface area contributed by atoms with Gasteiger partial charge in [0.15, 0.2) is 0 Å². The molecule has 86 valence electrons. The van der Waals surface area contributed by atoms with Gasteiger partial charge < -0.3 is 5.32 Å². The van der Waals surface area contributed by atoms with E-state index in [4.69, 9.17) is 0 Å². The Labute approximate surface area is 108 Å². The maximum atomic E-state index is 10.6. The molecule has 0 radical (unpaired) electrons. The van der Waals surface area contributed by atoms with Crippen LogP contribution in [0.4, 0.5) is 11.4 Å². The summed E-state index contributed by atoms with van der Waals surface area (Å²) in [6.45, 7) is 3.19. The van der Waals surface area contributed by atoms with Crippen molar-refractivity contribution >= 4 is 34.0 Å². The molecular weight excluding hydrogens is 319 g/mol. The van der Waals surface area contributed by atoms with Crippen LogP contribution in [0.5, 0.6) is 0 Å². The number of nitro groups is 1. The summed E-state index contributed by atoms with van der Waals surface area (Å²) in [4.78, 5) is 10.3. The molecule has 0 spiro atoms. The normalized spacial score (nSPS) is 16.9. The fourth-order valence-electron chi connectivity index (χ4n) is 1.47. The molecule has 0 atom stereocenters. The number of halogens is 1. The van der Waals surface area contributed by atoms with Crippen LogP contribution >= 0.6 is 22.6 Å². The van der Waals surface area contributed by atoms with Crippen molar-refractivity contribution in [2.75, 3.05) is 11.9 Å². The van der Waals surface area contributed by atoms with Gasteiger partial charge in [-0.25, -0.2) is 0 Å². The van der Waals surface area contributed by atoms with Gasteiger partial charge in [-0.1, -0.05) is 6.92 Å². The quantitative estimate of drug-likeness (QED) is 0.522. The smallest absolute Gasteiger partial charge is 0.282 e. The fraction of sp³-hybridized carbons (Fsp3) is 0.455. The first-order valence-corrected chi connectivity index (χ1v) is 6.26. The summed E-state index contributed by atoms with van der Waals surface area (Å²) in [7, 11) is 0. The van der Waals surface area contributed by atoms with Gasteiger partial charge in [-0.3, -0.25) is 10.1 Å². The first-order chi connectivity index (χ1) is 7.50. The van der Waals surface area contributed by atoms with E-state index in [9.17, 15) is 10.1 Å². The predicted octanol–water partition coefficient (Wildman–Crippen LogP) is 3.41. The third-order valence-corrected chi connectivity index (χ3v) is 3.83. The third-order valence-electron chi connectivity index (χ3n) is 2.97. The molecular formula is C11H13IN2O2. The second kappa shape index (κ2) is 4.20. The first-order valence-electron chi connectivity index (χ1n) is 5.18. The van der Waals surface area contributed by atoms with Gasteiger partial charge in [-0.05, 0) is 53.0 Å². The number of nitrogens with zero attached hydrogens (tertiary/aromatic N) is 1. The zero-order valence-corrected chi connectivity index (χ0v) is 11.2. The molecule has 1 N–H and O–H groups in total. The lowest BCUT2D eigenvalue weighted by Crippen LogP contribution is -2.11. The van der Waals surface area contributed by atoms with Crippen LogP contribution in [0, 0.1) is 19.1 Å². The summed E-state index contributed by atoms with van der Waals surface area (Å²) >= 11 is 2.00. The minimum Gasteiger partial charge on any atom is -0.384 e. The molecule has 1 fully saturated rings. The average Bonchev–Trinajstić information content (AvgIpc) is 2.94. The van der Waals surface area contributed by atoms with Crippen molar-refractivity contribution < 1.29 is 4.92 Å². The molecule has 0 heterocycles. The van der Waals surface area contributed by atoms with Crippen molar-refractivity contribution in [3.05, 3.63) is 31.9 Å². The topological polar surface area (TPSA) is 55.2 Å². The lowest BCUT2D eigenvalue weighted by Gasteiger charge is -2.11. The second-order valence-corrected chi connectivity index (χ2v) is 5.75. The monoisotopic (exact) mass is 332 g/mol. The Balaban J connectivity index is 2.05. The van der Waals surface area contributed by atoms with Gasteiger partial charge in [-0.15, -0.1) is 0 Å². The van der Waals surface area contributed by atoms with Crippen molar-refractivity contribution in [1.29, 1.82) is 0 Å². The Morgan fingerprint density at radius 1 is 1.56 bits per heavy atom. The van der Waals surface area contributed by atoms with Gasteiger partial charge in [-0.2, -0.15) is 0 Å².